The van der Waals surface area contributed by atoms with E-state index in [2.05, 4.69) is 90.6 Å². The van der Waals surface area contributed by atoms with E-state index in [0.717, 1.165) is 46.7 Å². The summed E-state index contributed by atoms with van der Waals surface area (Å²) < 4.78 is 5.63. The Labute approximate surface area is 203 Å². The van der Waals surface area contributed by atoms with Crippen molar-refractivity contribution >= 4 is 22.8 Å². The molecular formula is C29H36N4O. The second kappa shape index (κ2) is 12.0. The average Bonchev–Trinajstić information content (AvgIpc) is 2.81. The monoisotopic (exact) mass is 456 g/mol. The number of anilines is 3. The van der Waals surface area contributed by atoms with Gasteiger partial charge in [-0.3, -0.25) is 0 Å². The number of nitrogen functional groups attached to an aromatic ring is 1. The van der Waals surface area contributed by atoms with E-state index in [4.69, 9.17) is 10.5 Å². The minimum absolute atomic E-state index is 0.540. The highest BCUT2D eigenvalue weighted by atomic mass is 16.5. The van der Waals surface area contributed by atoms with Crippen molar-refractivity contribution in [2.75, 3.05) is 43.6 Å². The third-order valence-electron chi connectivity index (χ3n) is 5.41. The maximum atomic E-state index is 6.33. The first kappa shape index (κ1) is 24.9. The first-order chi connectivity index (χ1) is 16.4. The van der Waals surface area contributed by atoms with E-state index in [0.29, 0.717) is 18.2 Å². The fourth-order valence-electron chi connectivity index (χ4n) is 3.46. The number of allylic oxidation sites excluding steroid dienone is 1. The van der Waals surface area contributed by atoms with Gasteiger partial charge < -0.3 is 26.0 Å². The van der Waals surface area contributed by atoms with E-state index >= 15 is 0 Å². The van der Waals surface area contributed by atoms with Crippen LogP contribution >= 0.6 is 0 Å². The second-order valence-corrected chi connectivity index (χ2v) is 8.60. The molecule has 0 saturated heterocycles. The van der Waals surface area contributed by atoms with Gasteiger partial charge in [0.15, 0.2) is 5.88 Å². The van der Waals surface area contributed by atoms with Crippen molar-refractivity contribution in [2.24, 2.45) is 0 Å². The van der Waals surface area contributed by atoms with Gasteiger partial charge in [-0.05, 0) is 75.0 Å². The van der Waals surface area contributed by atoms with Gasteiger partial charge in [0.25, 0.3) is 0 Å². The topological polar surface area (TPSA) is 62.6 Å². The van der Waals surface area contributed by atoms with Crippen LogP contribution in [0.5, 0.6) is 0 Å². The number of nitrogens with zero attached hydrogens (tertiary/aromatic N) is 1. The molecule has 3 rings (SSSR count). The molecule has 0 atom stereocenters. The molecule has 34 heavy (non-hydrogen) atoms. The maximum Gasteiger partial charge on any atom is 0.183 e. The molecule has 5 heteroatoms. The standard InChI is InChI=1S/C29H36N4O/c1-6-7-28(24-12-15-26(16-13-24)31-22(3)34-19-18-33(4)5)32-29-20-25(14-17-27(29)30)23-10-8-21(2)9-11-23/h7-17,20,31-32H,3,6,18-19,30H2,1-2,4-5H3/b28-7+. The summed E-state index contributed by atoms with van der Waals surface area (Å²) in [4.78, 5) is 2.07. The van der Waals surface area contributed by atoms with E-state index < -0.39 is 0 Å². The van der Waals surface area contributed by atoms with Gasteiger partial charge in [-0.1, -0.05) is 61.0 Å². The lowest BCUT2D eigenvalue weighted by Crippen LogP contribution is -2.18. The van der Waals surface area contributed by atoms with Gasteiger partial charge >= 0.3 is 0 Å². The van der Waals surface area contributed by atoms with E-state index in [1.807, 2.05) is 32.3 Å². The van der Waals surface area contributed by atoms with Crippen molar-refractivity contribution < 1.29 is 4.74 Å². The van der Waals surface area contributed by atoms with Crippen LogP contribution < -0.4 is 16.4 Å². The number of benzene rings is 3. The van der Waals surface area contributed by atoms with Gasteiger partial charge in [-0.2, -0.15) is 0 Å². The molecule has 0 spiro atoms. The SMILES string of the molecule is C=C(Nc1ccc(/C(=C\CC)Nc2cc(-c3ccc(C)cc3)ccc2N)cc1)OCCN(C)C. The van der Waals surface area contributed by atoms with Crippen LogP contribution in [-0.4, -0.2) is 32.1 Å². The zero-order chi connectivity index (χ0) is 24.5. The lowest BCUT2D eigenvalue weighted by Gasteiger charge is -2.16. The molecule has 0 aliphatic rings. The van der Waals surface area contributed by atoms with Gasteiger partial charge in [0, 0.05) is 17.9 Å². The predicted octanol–water partition coefficient (Wildman–Crippen LogP) is 6.57. The molecule has 0 aliphatic carbocycles. The molecule has 0 unspecified atom stereocenters. The number of likely N-dealkylation sites (N-methyl/N-ethyl adjacent to an activating group) is 1. The average molecular weight is 457 g/mol. The van der Waals surface area contributed by atoms with Gasteiger partial charge in [-0.25, -0.2) is 0 Å². The van der Waals surface area contributed by atoms with Gasteiger partial charge in [0.2, 0.25) is 0 Å². The highest BCUT2D eigenvalue weighted by molar-refractivity contribution is 5.85. The van der Waals surface area contributed by atoms with Crippen LogP contribution in [0.25, 0.3) is 16.8 Å². The Morgan fingerprint density at radius 3 is 2.29 bits per heavy atom. The van der Waals surface area contributed by atoms with Crippen molar-refractivity contribution in [3.8, 4) is 11.1 Å². The Morgan fingerprint density at radius 1 is 0.971 bits per heavy atom. The number of nitrogens with one attached hydrogen (secondary N) is 2. The molecule has 178 valence electrons. The lowest BCUT2D eigenvalue weighted by molar-refractivity contribution is 0.188. The van der Waals surface area contributed by atoms with Gasteiger partial charge in [0.1, 0.15) is 6.61 Å². The summed E-state index contributed by atoms with van der Waals surface area (Å²) >= 11 is 0. The van der Waals surface area contributed by atoms with Crippen LogP contribution in [0, 0.1) is 6.92 Å². The van der Waals surface area contributed by atoms with Crippen LogP contribution in [0.15, 0.2) is 85.3 Å². The van der Waals surface area contributed by atoms with Crippen LogP contribution in [0.4, 0.5) is 17.1 Å². The van der Waals surface area contributed by atoms with E-state index in [-0.39, 0.29) is 0 Å². The molecule has 4 N–H and O–H groups in total. The fourth-order valence-corrected chi connectivity index (χ4v) is 3.46. The molecule has 3 aromatic rings. The molecule has 5 nitrogen and oxygen atoms in total. The summed E-state index contributed by atoms with van der Waals surface area (Å²) in [6.07, 6.45) is 3.07. The Balaban J connectivity index is 1.73. The largest absolute Gasteiger partial charge is 0.478 e. The minimum Gasteiger partial charge on any atom is -0.478 e. The Morgan fingerprint density at radius 2 is 1.65 bits per heavy atom. The number of aryl methyl sites for hydroxylation is 1. The molecule has 0 fully saturated rings. The molecular weight excluding hydrogens is 420 g/mol. The van der Waals surface area contributed by atoms with E-state index in [1.54, 1.807) is 0 Å². The summed E-state index contributed by atoms with van der Waals surface area (Å²) in [6, 6.07) is 22.8. The zero-order valence-electron chi connectivity index (χ0n) is 20.7. The van der Waals surface area contributed by atoms with Gasteiger partial charge in [-0.15, -0.1) is 0 Å². The van der Waals surface area contributed by atoms with Gasteiger partial charge in [0.05, 0.1) is 11.4 Å². The highest BCUT2D eigenvalue weighted by Crippen LogP contribution is 2.30. The summed E-state index contributed by atoms with van der Waals surface area (Å²) in [5, 5.41) is 6.76. The minimum atomic E-state index is 0.540. The Hall–Kier alpha value is -3.70. The number of ether oxygens (including phenoxy) is 1. The third kappa shape index (κ3) is 7.15. The normalized spacial score (nSPS) is 11.4. The lowest BCUT2D eigenvalue weighted by atomic mass is 10.0. The molecule has 0 amide bonds. The Bertz CT molecular complexity index is 1120. The highest BCUT2D eigenvalue weighted by Gasteiger charge is 2.08. The zero-order valence-corrected chi connectivity index (χ0v) is 20.7. The molecule has 0 radical (unpaired) electrons. The van der Waals surface area contributed by atoms with Crippen molar-refractivity contribution in [2.45, 2.75) is 20.3 Å². The third-order valence-corrected chi connectivity index (χ3v) is 5.41. The smallest absolute Gasteiger partial charge is 0.183 e. The predicted molar refractivity (Wildman–Crippen MR) is 147 cm³/mol. The fraction of sp³-hybridized carbons (Fsp3) is 0.241. The molecule has 0 aromatic heterocycles. The summed E-state index contributed by atoms with van der Waals surface area (Å²) in [6.45, 7) is 9.59. The number of nitrogens with two attached hydrogens (primary N) is 1. The Kier molecular flexibility index (Phi) is 8.77. The van der Waals surface area contributed by atoms with Crippen LogP contribution in [0.2, 0.25) is 0 Å². The van der Waals surface area contributed by atoms with Crippen LogP contribution in [-0.2, 0) is 4.74 Å². The van der Waals surface area contributed by atoms with Crippen molar-refractivity contribution in [3.05, 3.63) is 96.4 Å². The number of rotatable bonds is 11. The molecule has 0 aliphatic heterocycles. The van der Waals surface area contributed by atoms with Crippen LogP contribution in [0.1, 0.15) is 24.5 Å². The summed E-state index contributed by atoms with van der Waals surface area (Å²) in [7, 11) is 4.03. The summed E-state index contributed by atoms with van der Waals surface area (Å²) in [5.74, 6) is 0.540. The van der Waals surface area contributed by atoms with Crippen molar-refractivity contribution in [1.29, 1.82) is 0 Å². The van der Waals surface area contributed by atoms with E-state index in [1.165, 1.54) is 5.56 Å². The quantitative estimate of drug-likeness (QED) is 0.225. The number of hydrogen-bond acceptors (Lipinski definition) is 5. The van der Waals surface area contributed by atoms with E-state index in [9.17, 15) is 0 Å². The molecule has 3 aromatic carbocycles. The first-order valence-electron chi connectivity index (χ1n) is 11.6. The molecule has 0 bridgehead atoms. The number of hydrogen-bond donors (Lipinski definition) is 3. The van der Waals surface area contributed by atoms with Crippen molar-refractivity contribution in [3.63, 3.8) is 0 Å². The molecule has 0 heterocycles. The summed E-state index contributed by atoms with van der Waals surface area (Å²) in [5.41, 5.74) is 14.5. The second-order valence-electron chi connectivity index (χ2n) is 8.60. The maximum absolute atomic E-state index is 6.33. The first-order valence-corrected chi connectivity index (χ1v) is 11.6. The van der Waals surface area contributed by atoms with Crippen molar-refractivity contribution in [1.82, 2.24) is 4.90 Å². The van der Waals surface area contributed by atoms with Crippen LogP contribution in [0.3, 0.4) is 0 Å². The molecule has 0 saturated carbocycles.